The molecule has 0 aliphatic carbocycles. The van der Waals surface area contributed by atoms with E-state index in [4.69, 9.17) is 11.6 Å². The Morgan fingerprint density at radius 3 is 2.21 bits per heavy atom. The van der Waals surface area contributed by atoms with Crippen LogP contribution in [0.25, 0.3) is 0 Å². The quantitative estimate of drug-likeness (QED) is 0.727. The SMILES string of the molecule is Cc1cc(C(CCN2CCCCC2)c2ccc(Cl)cc2)cc(C)n1. The fraction of sp³-hybridized carbons (Fsp3) is 0.476. The van der Waals surface area contributed by atoms with Gasteiger partial charge >= 0.3 is 0 Å². The zero-order valence-corrected chi connectivity index (χ0v) is 15.5. The number of halogens is 1. The van der Waals surface area contributed by atoms with Crippen molar-refractivity contribution in [3.8, 4) is 0 Å². The smallest absolute Gasteiger partial charge is 0.0406 e. The molecule has 2 nitrogen and oxygen atoms in total. The van der Waals surface area contributed by atoms with E-state index in [9.17, 15) is 0 Å². The number of benzene rings is 1. The molecule has 0 amide bonds. The topological polar surface area (TPSA) is 16.1 Å². The number of nitrogens with zero attached hydrogens (tertiary/aromatic N) is 2. The van der Waals surface area contributed by atoms with E-state index >= 15 is 0 Å². The number of hydrogen-bond donors (Lipinski definition) is 0. The molecule has 1 unspecified atom stereocenters. The summed E-state index contributed by atoms with van der Waals surface area (Å²) in [6.45, 7) is 7.83. The van der Waals surface area contributed by atoms with E-state index in [1.165, 1.54) is 43.5 Å². The molecule has 0 N–H and O–H groups in total. The summed E-state index contributed by atoms with van der Waals surface area (Å²) < 4.78 is 0. The first-order chi connectivity index (χ1) is 11.6. The summed E-state index contributed by atoms with van der Waals surface area (Å²) in [4.78, 5) is 7.16. The van der Waals surface area contributed by atoms with Gasteiger partial charge in [0.05, 0.1) is 0 Å². The Balaban J connectivity index is 1.83. The lowest BCUT2D eigenvalue weighted by molar-refractivity contribution is 0.223. The van der Waals surface area contributed by atoms with Crippen LogP contribution in [-0.4, -0.2) is 29.5 Å². The van der Waals surface area contributed by atoms with Crippen LogP contribution in [0.2, 0.25) is 5.02 Å². The van der Waals surface area contributed by atoms with E-state index in [2.05, 4.69) is 48.0 Å². The summed E-state index contributed by atoms with van der Waals surface area (Å²) in [6, 6.07) is 12.8. The Morgan fingerprint density at radius 1 is 0.958 bits per heavy atom. The number of rotatable bonds is 5. The average Bonchev–Trinajstić information content (AvgIpc) is 2.57. The van der Waals surface area contributed by atoms with Crippen molar-refractivity contribution in [2.75, 3.05) is 19.6 Å². The van der Waals surface area contributed by atoms with Gasteiger partial charge in [-0.15, -0.1) is 0 Å². The minimum Gasteiger partial charge on any atom is -0.303 e. The Kier molecular flexibility index (Phi) is 5.91. The van der Waals surface area contributed by atoms with Gasteiger partial charge in [0, 0.05) is 22.3 Å². The van der Waals surface area contributed by atoms with Gasteiger partial charge in [0.25, 0.3) is 0 Å². The maximum absolute atomic E-state index is 6.09. The Bertz CT molecular complexity index is 640. The number of pyridine rings is 1. The normalized spacial score (nSPS) is 17.0. The van der Waals surface area contributed by atoms with Gasteiger partial charge in [-0.3, -0.25) is 4.98 Å². The second-order valence-electron chi connectivity index (χ2n) is 6.98. The molecule has 1 saturated heterocycles. The largest absolute Gasteiger partial charge is 0.303 e. The predicted octanol–water partition coefficient (Wildman–Crippen LogP) is 5.36. The van der Waals surface area contributed by atoms with Crippen molar-refractivity contribution < 1.29 is 0 Å². The maximum atomic E-state index is 6.09. The van der Waals surface area contributed by atoms with Crippen molar-refractivity contribution in [3.05, 3.63) is 63.9 Å². The second kappa shape index (κ2) is 8.13. The number of piperidine rings is 1. The van der Waals surface area contributed by atoms with Crippen LogP contribution in [0.3, 0.4) is 0 Å². The van der Waals surface area contributed by atoms with Crippen molar-refractivity contribution in [2.45, 2.75) is 45.4 Å². The van der Waals surface area contributed by atoms with Gasteiger partial charge in [-0.1, -0.05) is 30.2 Å². The van der Waals surface area contributed by atoms with Crippen molar-refractivity contribution in [1.82, 2.24) is 9.88 Å². The van der Waals surface area contributed by atoms with E-state index < -0.39 is 0 Å². The summed E-state index contributed by atoms with van der Waals surface area (Å²) in [6.07, 6.45) is 5.22. The zero-order valence-electron chi connectivity index (χ0n) is 14.8. The standard InChI is InChI=1S/C21H27ClN2/c1-16-14-19(15-17(2)23-16)21(18-6-8-20(22)9-7-18)10-13-24-11-4-3-5-12-24/h6-9,14-15,21H,3-5,10-13H2,1-2H3. The lowest BCUT2D eigenvalue weighted by Crippen LogP contribution is -2.31. The maximum Gasteiger partial charge on any atom is 0.0406 e. The van der Waals surface area contributed by atoms with E-state index in [1.807, 2.05) is 12.1 Å². The molecule has 1 aromatic carbocycles. The molecule has 3 rings (SSSR count). The van der Waals surface area contributed by atoms with Crippen LogP contribution in [0, 0.1) is 13.8 Å². The summed E-state index contributed by atoms with van der Waals surface area (Å²) in [7, 11) is 0. The van der Waals surface area contributed by atoms with Crippen LogP contribution in [0.15, 0.2) is 36.4 Å². The van der Waals surface area contributed by atoms with Gasteiger partial charge in [0.2, 0.25) is 0 Å². The number of hydrogen-bond acceptors (Lipinski definition) is 2. The third-order valence-corrected chi connectivity index (χ3v) is 5.21. The summed E-state index contributed by atoms with van der Waals surface area (Å²) >= 11 is 6.09. The molecule has 1 aliphatic rings. The van der Waals surface area contributed by atoms with Gasteiger partial charge in [0.15, 0.2) is 0 Å². The fourth-order valence-corrected chi connectivity index (χ4v) is 3.91. The van der Waals surface area contributed by atoms with Crippen LogP contribution >= 0.6 is 11.6 Å². The Labute approximate surface area is 150 Å². The van der Waals surface area contributed by atoms with Gasteiger partial charge in [-0.2, -0.15) is 0 Å². The van der Waals surface area contributed by atoms with E-state index in [0.717, 1.165) is 29.4 Å². The first-order valence-electron chi connectivity index (χ1n) is 9.05. The average molecular weight is 343 g/mol. The molecule has 24 heavy (non-hydrogen) atoms. The third kappa shape index (κ3) is 4.58. The van der Waals surface area contributed by atoms with E-state index in [0.29, 0.717) is 5.92 Å². The molecule has 1 aromatic heterocycles. The molecule has 3 heteroatoms. The van der Waals surface area contributed by atoms with Gasteiger partial charge in [-0.25, -0.2) is 0 Å². The molecule has 2 aromatic rings. The van der Waals surface area contributed by atoms with Crippen LogP contribution in [-0.2, 0) is 0 Å². The lowest BCUT2D eigenvalue weighted by Gasteiger charge is -2.28. The molecule has 0 saturated carbocycles. The van der Waals surface area contributed by atoms with Crippen molar-refractivity contribution in [3.63, 3.8) is 0 Å². The molecular formula is C21H27ClN2. The fourth-order valence-electron chi connectivity index (χ4n) is 3.78. The summed E-state index contributed by atoms with van der Waals surface area (Å²) in [5.74, 6) is 0.407. The van der Waals surface area contributed by atoms with Crippen LogP contribution in [0.4, 0.5) is 0 Å². The molecule has 1 fully saturated rings. The highest BCUT2D eigenvalue weighted by Gasteiger charge is 2.18. The monoisotopic (exact) mass is 342 g/mol. The molecule has 1 aliphatic heterocycles. The zero-order chi connectivity index (χ0) is 16.9. The van der Waals surface area contributed by atoms with E-state index in [-0.39, 0.29) is 0 Å². The van der Waals surface area contributed by atoms with Gasteiger partial charge in [-0.05, 0) is 88.1 Å². The molecule has 1 atom stereocenters. The summed E-state index contributed by atoms with van der Waals surface area (Å²) in [5, 5.41) is 0.801. The number of likely N-dealkylation sites (tertiary alicyclic amines) is 1. The van der Waals surface area contributed by atoms with E-state index in [1.54, 1.807) is 0 Å². The molecule has 2 heterocycles. The van der Waals surface area contributed by atoms with Crippen molar-refractivity contribution >= 4 is 11.6 Å². The minimum absolute atomic E-state index is 0.407. The molecule has 0 spiro atoms. The van der Waals surface area contributed by atoms with Gasteiger partial charge in [0.1, 0.15) is 0 Å². The van der Waals surface area contributed by atoms with Crippen LogP contribution < -0.4 is 0 Å². The highest BCUT2D eigenvalue weighted by Crippen LogP contribution is 2.30. The minimum atomic E-state index is 0.407. The van der Waals surface area contributed by atoms with Crippen molar-refractivity contribution in [1.29, 1.82) is 0 Å². The number of aryl methyl sites for hydroxylation is 2. The Hall–Kier alpha value is -1.38. The van der Waals surface area contributed by atoms with Crippen LogP contribution in [0.5, 0.6) is 0 Å². The van der Waals surface area contributed by atoms with Crippen molar-refractivity contribution in [2.24, 2.45) is 0 Å². The highest BCUT2D eigenvalue weighted by atomic mass is 35.5. The highest BCUT2D eigenvalue weighted by molar-refractivity contribution is 6.30. The molecule has 128 valence electrons. The second-order valence-corrected chi connectivity index (χ2v) is 7.41. The first-order valence-corrected chi connectivity index (χ1v) is 9.42. The molecule has 0 bridgehead atoms. The van der Waals surface area contributed by atoms with Gasteiger partial charge < -0.3 is 4.90 Å². The molecule has 0 radical (unpaired) electrons. The summed E-state index contributed by atoms with van der Waals surface area (Å²) in [5.41, 5.74) is 4.92. The lowest BCUT2D eigenvalue weighted by atomic mass is 9.88. The number of aromatic nitrogens is 1. The van der Waals surface area contributed by atoms with Crippen LogP contribution in [0.1, 0.15) is 54.1 Å². The molecular weight excluding hydrogens is 316 g/mol. The third-order valence-electron chi connectivity index (χ3n) is 4.96. The Morgan fingerprint density at radius 2 is 1.58 bits per heavy atom. The first kappa shape index (κ1) is 17.4. The predicted molar refractivity (Wildman–Crippen MR) is 102 cm³/mol.